The Morgan fingerprint density at radius 1 is 1.28 bits per heavy atom. The number of methoxy groups -OCH3 is 1. The van der Waals surface area contributed by atoms with Crippen LogP contribution < -0.4 is 10.1 Å². The van der Waals surface area contributed by atoms with Crippen molar-refractivity contribution in [3.63, 3.8) is 0 Å². The van der Waals surface area contributed by atoms with Gasteiger partial charge in [0.2, 0.25) is 0 Å². The third-order valence-electron chi connectivity index (χ3n) is 3.49. The van der Waals surface area contributed by atoms with E-state index in [9.17, 15) is 0 Å². The average molecular weight is 249 g/mol. The van der Waals surface area contributed by atoms with Gasteiger partial charge in [-0.3, -0.25) is 0 Å². The fourth-order valence-corrected chi connectivity index (χ4v) is 2.08. The summed E-state index contributed by atoms with van der Waals surface area (Å²) in [4.78, 5) is 0. The first-order valence-electron chi connectivity index (χ1n) is 6.76. The summed E-state index contributed by atoms with van der Waals surface area (Å²) >= 11 is 0. The van der Waals surface area contributed by atoms with E-state index in [4.69, 9.17) is 9.47 Å². The third-order valence-corrected chi connectivity index (χ3v) is 3.49. The molecule has 1 aliphatic rings. The molecule has 1 saturated carbocycles. The molecule has 1 aliphatic carbocycles. The Morgan fingerprint density at radius 3 is 2.78 bits per heavy atom. The van der Waals surface area contributed by atoms with Gasteiger partial charge in [0.05, 0.1) is 12.3 Å². The van der Waals surface area contributed by atoms with Crippen LogP contribution in [0.3, 0.4) is 0 Å². The van der Waals surface area contributed by atoms with Gasteiger partial charge in [-0.1, -0.05) is 12.5 Å². The Kier molecular flexibility index (Phi) is 4.88. The minimum Gasteiger partial charge on any atom is -0.489 e. The van der Waals surface area contributed by atoms with Gasteiger partial charge >= 0.3 is 0 Å². The number of nitrogens with one attached hydrogen (secondary N) is 1. The van der Waals surface area contributed by atoms with Crippen molar-refractivity contribution in [2.75, 3.05) is 32.2 Å². The van der Waals surface area contributed by atoms with Crippen LogP contribution >= 0.6 is 0 Å². The molecule has 0 radical (unpaired) electrons. The van der Waals surface area contributed by atoms with Gasteiger partial charge in [0.1, 0.15) is 12.4 Å². The molecule has 0 unspecified atom stereocenters. The lowest BCUT2D eigenvalue weighted by molar-refractivity contribution is 0.146. The van der Waals surface area contributed by atoms with E-state index in [2.05, 4.69) is 30.4 Å². The molecular formula is C15H23NO2. The van der Waals surface area contributed by atoms with Crippen molar-refractivity contribution >= 4 is 5.69 Å². The SMILES string of the molecule is COCCOc1cc(C)ccc1NCC1CCC1. The van der Waals surface area contributed by atoms with Gasteiger partial charge in [0.15, 0.2) is 0 Å². The number of benzene rings is 1. The number of ether oxygens (including phenoxy) is 2. The van der Waals surface area contributed by atoms with E-state index in [0.717, 1.165) is 23.9 Å². The van der Waals surface area contributed by atoms with Gasteiger partial charge in [0, 0.05) is 13.7 Å². The molecule has 1 aromatic rings. The Balaban J connectivity index is 1.92. The van der Waals surface area contributed by atoms with Gasteiger partial charge in [0.25, 0.3) is 0 Å². The molecule has 0 aromatic heterocycles. The summed E-state index contributed by atoms with van der Waals surface area (Å²) in [5, 5.41) is 3.50. The van der Waals surface area contributed by atoms with Gasteiger partial charge in [-0.25, -0.2) is 0 Å². The normalized spacial score (nSPS) is 15.2. The van der Waals surface area contributed by atoms with Crippen LogP contribution in [0.5, 0.6) is 5.75 Å². The maximum absolute atomic E-state index is 5.75. The summed E-state index contributed by atoms with van der Waals surface area (Å²) in [7, 11) is 1.69. The van der Waals surface area contributed by atoms with Gasteiger partial charge < -0.3 is 14.8 Å². The van der Waals surface area contributed by atoms with E-state index in [-0.39, 0.29) is 0 Å². The number of hydrogen-bond acceptors (Lipinski definition) is 3. The highest BCUT2D eigenvalue weighted by molar-refractivity contribution is 5.57. The quantitative estimate of drug-likeness (QED) is 0.753. The van der Waals surface area contributed by atoms with Crippen LogP contribution in [-0.2, 0) is 4.74 Å². The molecule has 0 spiro atoms. The predicted octanol–water partition coefficient (Wildman–Crippen LogP) is 3.23. The molecule has 0 heterocycles. The van der Waals surface area contributed by atoms with Crippen molar-refractivity contribution in [1.82, 2.24) is 0 Å². The standard InChI is InChI=1S/C15H23NO2/c1-12-6-7-14(16-11-13-4-3-5-13)15(10-12)18-9-8-17-2/h6-7,10,13,16H,3-5,8-9,11H2,1-2H3. The highest BCUT2D eigenvalue weighted by atomic mass is 16.5. The van der Waals surface area contributed by atoms with Crippen molar-refractivity contribution in [2.45, 2.75) is 26.2 Å². The highest BCUT2D eigenvalue weighted by Crippen LogP contribution is 2.30. The third kappa shape index (κ3) is 3.64. The summed E-state index contributed by atoms with van der Waals surface area (Å²) < 4.78 is 10.8. The molecule has 1 aromatic carbocycles. The summed E-state index contributed by atoms with van der Waals surface area (Å²) in [6.07, 6.45) is 4.11. The zero-order valence-corrected chi connectivity index (χ0v) is 11.4. The molecule has 3 nitrogen and oxygen atoms in total. The van der Waals surface area contributed by atoms with Crippen LogP contribution in [-0.4, -0.2) is 26.9 Å². The summed E-state index contributed by atoms with van der Waals surface area (Å²) in [6.45, 7) is 4.36. The Bertz CT molecular complexity index is 375. The second-order valence-corrected chi connectivity index (χ2v) is 5.02. The summed E-state index contributed by atoms with van der Waals surface area (Å²) in [5.74, 6) is 1.78. The molecule has 3 heteroatoms. The lowest BCUT2D eigenvalue weighted by atomic mass is 9.85. The van der Waals surface area contributed by atoms with E-state index in [1.807, 2.05) is 0 Å². The average Bonchev–Trinajstić information content (AvgIpc) is 2.30. The van der Waals surface area contributed by atoms with E-state index < -0.39 is 0 Å². The maximum Gasteiger partial charge on any atom is 0.142 e. The Labute approximate surface area is 109 Å². The second-order valence-electron chi connectivity index (χ2n) is 5.02. The molecule has 2 rings (SSSR count). The molecule has 18 heavy (non-hydrogen) atoms. The number of rotatable bonds is 7. The van der Waals surface area contributed by atoms with E-state index in [0.29, 0.717) is 13.2 Å². The van der Waals surface area contributed by atoms with Crippen molar-refractivity contribution < 1.29 is 9.47 Å². The van der Waals surface area contributed by atoms with E-state index >= 15 is 0 Å². The smallest absolute Gasteiger partial charge is 0.142 e. The minimum absolute atomic E-state index is 0.595. The van der Waals surface area contributed by atoms with Crippen LogP contribution in [0.2, 0.25) is 0 Å². The first kappa shape index (κ1) is 13.2. The molecule has 0 aliphatic heterocycles. The highest BCUT2D eigenvalue weighted by Gasteiger charge is 2.17. The fraction of sp³-hybridized carbons (Fsp3) is 0.600. The van der Waals surface area contributed by atoms with Crippen molar-refractivity contribution in [1.29, 1.82) is 0 Å². The van der Waals surface area contributed by atoms with Crippen LogP contribution in [0.15, 0.2) is 18.2 Å². The predicted molar refractivity (Wildman–Crippen MR) is 74.4 cm³/mol. The lowest BCUT2D eigenvalue weighted by Crippen LogP contribution is -2.21. The van der Waals surface area contributed by atoms with E-state index in [1.165, 1.54) is 24.8 Å². The van der Waals surface area contributed by atoms with Gasteiger partial charge in [-0.05, 0) is 43.4 Å². The van der Waals surface area contributed by atoms with Gasteiger partial charge in [-0.2, -0.15) is 0 Å². The van der Waals surface area contributed by atoms with Gasteiger partial charge in [-0.15, -0.1) is 0 Å². The van der Waals surface area contributed by atoms with Crippen molar-refractivity contribution in [3.05, 3.63) is 23.8 Å². The number of hydrogen-bond donors (Lipinski definition) is 1. The topological polar surface area (TPSA) is 30.5 Å². The molecule has 1 N–H and O–H groups in total. The number of anilines is 1. The molecule has 1 fully saturated rings. The first-order valence-corrected chi connectivity index (χ1v) is 6.76. The minimum atomic E-state index is 0.595. The molecule has 0 amide bonds. The largest absolute Gasteiger partial charge is 0.489 e. The molecule has 0 atom stereocenters. The molecule has 100 valence electrons. The molecular weight excluding hydrogens is 226 g/mol. The second kappa shape index (κ2) is 6.64. The fourth-order valence-electron chi connectivity index (χ4n) is 2.08. The van der Waals surface area contributed by atoms with Crippen LogP contribution in [0.25, 0.3) is 0 Å². The monoisotopic (exact) mass is 249 g/mol. The van der Waals surface area contributed by atoms with Crippen LogP contribution in [0, 0.1) is 12.8 Å². The zero-order valence-electron chi connectivity index (χ0n) is 11.4. The van der Waals surface area contributed by atoms with E-state index in [1.54, 1.807) is 7.11 Å². The first-order chi connectivity index (χ1) is 8.79. The molecule has 0 bridgehead atoms. The zero-order chi connectivity index (χ0) is 12.8. The Morgan fingerprint density at radius 2 is 2.11 bits per heavy atom. The summed E-state index contributed by atoms with van der Waals surface area (Å²) in [5.41, 5.74) is 2.32. The maximum atomic E-state index is 5.75. The Hall–Kier alpha value is -1.22. The summed E-state index contributed by atoms with van der Waals surface area (Å²) in [6, 6.07) is 6.31. The van der Waals surface area contributed by atoms with Crippen LogP contribution in [0.1, 0.15) is 24.8 Å². The lowest BCUT2D eigenvalue weighted by Gasteiger charge is -2.26. The molecule has 0 saturated heterocycles. The van der Waals surface area contributed by atoms with Crippen LogP contribution in [0.4, 0.5) is 5.69 Å². The van der Waals surface area contributed by atoms with Crippen molar-refractivity contribution in [3.8, 4) is 5.75 Å². The van der Waals surface area contributed by atoms with Crippen molar-refractivity contribution in [2.24, 2.45) is 5.92 Å². The number of aryl methyl sites for hydroxylation is 1.